The van der Waals surface area contributed by atoms with Gasteiger partial charge in [0.15, 0.2) is 17.4 Å². The first-order chi connectivity index (χ1) is 25.0. The highest BCUT2D eigenvalue weighted by Gasteiger charge is 2.57. The first-order valence-electron chi connectivity index (χ1n) is 16.1. The predicted octanol–water partition coefficient (Wildman–Crippen LogP) is -1.61. The van der Waals surface area contributed by atoms with Crippen molar-refractivity contribution in [1.82, 2.24) is 25.4 Å². The number of aromatic nitrogens is 3. The zero-order chi connectivity index (χ0) is 38.5. The van der Waals surface area contributed by atoms with Crippen LogP contribution in [0, 0.1) is 5.92 Å². The first kappa shape index (κ1) is 39.0. The Morgan fingerprint density at radius 3 is 2.55 bits per heavy atom. The second kappa shape index (κ2) is 16.2. The van der Waals surface area contributed by atoms with Gasteiger partial charge in [0.05, 0.1) is 18.3 Å². The van der Waals surface area contributed by atoms with Crippen LogP contribution in [0.25, 0.3) is 0 Å². The molecular weight excluding hydrogens is 741 g/mol. The molecule has 5 rings (SSSR count). The predicted molar refractivity (Wildman–Crippen MR) is 184 cm³/mol. The molecule has 0 spiro atoms. The molecule has 2 atom stereocenters. The van der Waals surface area contributed by atoms with Crippen LogP contribution in [0.2, 0.25) is 0 Å². The van der Waals surface area contributed by atoms with Crippen molar-refractivity contribution >= 4 is 62.0 Å². The summed E-state index contributed by atoms with van der Waals surface area (Å²) in [5, 5.41) is 23.5. The van der Waals surface area contributed by atoms with Gasteiger partial charge < -0.3 is 46.7 Å². The Kier molecular flexibility index (Phi) is 11.9. The maximum Gasteiger partial charge on any atom is 0.351 e. The molecule has 3 amide bonds. The van der Waals surface area contributed by atoms with E-state index in [0.717, 1.165) is 37.4 Å². The third kappa shape index (κ3) is 9.62. The van der Waals surface area contributed by atoms with Gasteiger partial charge in [-0.05, 0) is 51.1 Å². The van der Waals surface area contributed by atoms with E-state index >= 15 is 0 Å². The Morgan fingerprint density at radius 1 is 1.26 bits per heavy atom. The lowest BCUT2D eigenvalue weighted by molar-refractivity contribution is -0.781. The number of aryl methyl sites for hydroxylation is 1. The van der Waals surface area contributed by atoms with E-state index in [1.165, 1.54) is 31.4 Å². The van der Waals surface area contributed by atoms with Crippen molar-refractivity contribution < 1.29 is 55.8 Å². The van der Waals surface area contributed by atoms with Gasteiger partial charge in [-0.3, -0.25) is 14.4 Å². The SMILES string of the molecule is CC1(C)[C@H](NC(=O)/C(=N\O[C@@H](COc2ccc(NC(=O)c3cn(CCCN)[n+](CC4CNC4)c3)cc2)C(=O)O)c2csc(N)n2)C(=O)N1OS(=O)(=O)[O-]. The van der Waals surface area contributed by atoms with Gasteiger partial charge in [-0.25, -0.2) is 18.2 Å². The third-order valence-electron chi connectivity index (χ3n) is 8.23. The number of ether oxygens (including phenoxy) is 1. The number of carboxylic acid groups (broad SMARTS) is 1. The normalized spacial score (nSPS) is 17.7. The van der Waals surface area contributed by atoms with Gasteiger partial charge in [0, 0.05) is 30.1 Å². The number of β-lactam (4-membered cyclic amide) rings is 1. The van der Waals surface area contributed by atoms with Gasteiger partial charge >= 0.3 is 5.97 Å². The van der Waals surface area contributed by atoms with Crippen LogP contribution in [-0.2, 0) is 47.0 Å². The Balaban J connectivity index is 1.21. The Morgan fingerprint density at radius 2 is 1.98 bits per heavy atom. The lowest BCUT2D eigenvalue weighted by atomic mass is 9.84. The molecule has 0 unspecified atom stereocenters. The lowest BCUT2D eigenvalue weighted by Crippen LogP contribution is -2.76. The zero-order valence-corrected chi connectivity index (χ0v) is 30.1. The number of hydrogen-bond donors (Lipinski definition) is 6. The number of carboxylic acids is 1. The number of thiazole rings is 1. The molecule has 21 nitrogen and oxygen atoms in total. The maximum atomic E-state index is 13.3. The minimum absolute atomic E-state index is 0.0322. The molecule has 4 heterocycles. The van der Waals surface area contributed by atoms with Gasteiger partial charge in [0.2, 0.25) is 16.6 Å². The molecule has 2 aliphatic rings. The largest absolute Gasteiger partial charge is 0.724 e. The zero-order valence-electron chi connectivity index (χ0n) is 28.5. The number of anilines is 2. The molecule has 2 aliphatic heterocycles. The van der Waals surface area contributed by atoms with E-state index in [1.54, 1.807) is 24.5 Å². The number of hydroxylamine groups is 2. The average molecular weight is 779 g/mol. The van der Waals surface area contributed by atoms with Gasteiger partial charge in [-0.1, -0.05) is 5.16 Å². The van der Waals surface area contributed by atoms with Crippen LogP contribution >= 0.6 is 11.3 Å². The third-order valence-corrected chi connectivity index (χ3v) is 9.23. The van der Waals surface area contributed by atoms with E-state index < -0.39 is 58.2 Å². The topological polar surface area (TPSA) is 299 Å². The molecule has 8 N–H and O–H groups in total. The van der Waals surface area contributed by atoms with Gasteiger partial charge in [0.25, 0.3) is 23.8 Å². The van der Waals surface area contributed by atoms with Crippen LogP contribution in [0.4, 0.5) is 10.8 Å². The molecule has 3 aromatic rings. The van der Waals surface area contributed by atoms with Crippen molar-refractivity contribution in [2.75, 3.05) is 37.3 Å². The van der Waals surface area contributed by atoms with Crippen molar-refractivity contribution in [2.24, 2.45) is 16.8 Å². The molecule has 2 saturated heterocycles. The van der Waals surface area contributed by atoms with Crippen LogP contribution < -0.4 is 36.8 Å². The van der Waals surface area contributed by atoms with E-state index in [1.807, 2.05) is 9.36 Å². The van der Waals surface area contributed by atoms with Gasteiger partial charge in [-0.2, -0.15) is 14.0 Å². The number of hydrogen-bond acceptors (Lipinski definition) is 16. The number of carbonyl (C=O) groups excluding carboxylic acids is 3. The highest BCUT2D eigenvalue weighted by atomic mass is 32.3. The Labute approximate surface area is 306 Å². The molecule has 286 valence electrons. The van der Waals surface area contributed by atoms with Crippen molar-refractivity contribution in [1.29, 1.82) is 0 Å². The molecule has 0 saturated carbocycles. The van der Waals surface area contributed by atoms with Crippen LogP contribution in [0.1, 0.15) is 36.3 Å². The number of rotatable bonds is 18. The number of nitrogens with zero attached hydrogens (tertiary/aromatic N) is 5. The number of amides is 3. The van der Waals surface area contributed by atoms with Crippen molar-refractivity contribution in [3.05, 3.63) is 53.3 Å². The summed E-state index contributed by atoms with van der Waals surface area (Å²) >= 11 is 0.935. The number of aliphatic carboxylic acids is 1. The van der Waals surface area contributed by atoms with Crippen molar-refractivity contribution in [3.8, 4) is 5.75 Å². The summed E-state index contributed by atoms with van der Waals surface area (Å²) in [4.78, 5) is 60.0. The Bertz CT molecular complexity index is 1980. The summed E-state index contributed by atoms with van der Waals surface area (Å²) in [6.45, 7) is 5.87. The Hall–Kier alpha value is -5.20. The molecule has 0 radical (unpaired) electrons. The molecule has 23 heteroatoms. The minimum atomic E-state index is -5.29. The summed E-state index contributed by atoms with van der Waals surface area (Å²) in [7, 11) is -5.29. The fourth-order valence-corrected chi connectivity index (χ4v) is 6.25. The maximum absolute atomic E-state index is 13.3. The molecule has 2 aromatic heterocycles. The molecular formula is C30H38N10O11S2. The number of nitrogens with two attached hydrogens (primary N) is 2. The van der Waals surface area contributed by atoms with E-state index in [0.29, 0.717) is 35.3 Å². The van der Waals surface area contributed by atoms with E-state index in [9.17, 15) is 37.3 Å². The molecule has 53 heavy (non-hydrogen) atoms. The summed E-state index contributed by atoms with van der Waals surface area (Å²) in [6, 6.07) is 4.77. The summed E-state index contributed by atoms with van der Waals surface area (Å²) in [5.41, 5.74) is 10.1. The quantitative estimate of drug-likeness (QED) is 0.0211. The number of oxime groups is 1. The van der Waals surface area contributed by atoms with Gasteiger partial charge in [-0.15, -0.1) is 16.0 Å². The van der Waals surface area contributed by atoms with E-state index in [4.69, 9.17) is 21.0 Å². The van der Waals surface area contributed by atoms with E-state index in [-0.39, 0.29) is 22.5 Å². The fourth-order valence-electron chi connectivity index (χ4n) is 5.26. The average Bonchev–Trinajstić information content (AvgIpc) is 3.70. The van der Waals surface area contributed by atoms with Crippen LogP contribution in [0.3, 0.4) is 0 Å². The van der Waals surface area contributed by atoms with E-state index in [2.05, 4.69) is 30.4 Å². The first-order valence-corrected chi connectivity index (χ1v) is 18.3. The summed E-state index contributed by atoms with van der Waals surface area (Å²) < 4.78 is 46.8. The molecule has 2 fully saturated rings. The van der Waals surface area contributed by atoms with Crippen molar-refractivity contribution in [3.63, 3.8) is 0 Å². The monoisotopic (exact) mass is 778 g/mol. The summed E-state index contributed by atoms with van der Waals surface area (Å²) in [6.07, 6.45) is 2.60. The molecule has 0 bridgehead atoms. The fraction of sp³-hybridized carbons (Fsp3) is 0.433. The number of carbonyl (C=O) groups is 4. The molecule has 1 aromatic carbocycles. The molecule has 0 aliphatic carbocycles. The lowest BCUT2D eigenvalue weighted by Gasteiger charge is -2.51. The highest BCUT2D eigenvalue weighted by molar-refractivity contribution is 7.80. The van der Waals surface area contributed by atoms with Crippen molar-refractivity contribution in [2.45, 2.75) is 51.0 Å². The number of nitrogen functional groups attached to an aromatic ring is 1. The van der Waals surface area contributed by atoms with Gasteiger partial charge in [0.1, 0.15) is 29.7 Å². The standard InChI is InChI=1S/C30H38N10O11S2/c1-30(2)24(27(43)40(30)51-53(46,47)48)36-26(42)23(21-16-52-29(32)35-21)37-50-22(28(44)45)15-49-20-6-4-19(5-7-20)34-25(41)18-13-38(9-3-8-31)39(14-18)12-17-10-33-11-17/h4-7,13-14,16-17,22,24,33H,3,8-12,15,31H2,1-2H3,(H5-,32,34,35,36,41,42,44,45,46,47,48)/b37-23-/t22-,24+/m0/s1. The number of nitrogens with one attached hydrogen (secondary N) is 3. The second-order valence-corrected chi connectivity index (χ2v) is 14.4. The summed E-state index contributed by atoms with van der Waals surface area (Å²) in [5.74, 6) is -3.23. The smallest absolute Gasteiger partial charge is 0.351 e. The van der Waals surface area contributed by atoms with Crippen LogP contribution in [0.15, 0.2) is 47.2 Å². The van der Waals surface area contributed by atoms with Crippen LogP contribution in [0.5, 0.6) is 5.75 Å². The number of benzene rings is 1. The highest BCUT2D eigenvalue weighted by Crippen LogP contribution is 2.33. The minimum Gasteiger partial charge on any atom is -0.724 e. The van der Waals surface area contributed by atoms with Crippen LogP contribution in [-0.4, -0.2) is 106 Å². The second-order valence-electron chi connectivity index (χ2n) is 12.6.